The molecule has 0 aliphatic carbocycles. The maximum Gasteiger partial charge on any atom is 0.309 e. The monoisotopic (exact) mass is 280 g/mol. The largest absolute Gasteiger partial charge is 0.466 e. The average molecular weight is 280 g/mol. The molecule has 0 aliphatic heterocycles. The summed E-state index contributed by atoms with van der Waals surface area (Å²) in [4.78, 5) is 12.1. The van der Waals surface area contributed by atoms with Crippen molar-refractivity contribution in [3.63, 3.8) is 0 Å². The van der Waals surface area contributed by atoms with Gasteiger partial charge in [-0.25, -0.2) is 0 Å². The van der Waals surface area contributed by atoms with Crippen molar-refractivity contribution >= 4 is 5.97 Å². The maximum atomic E-state index is 12.1. The van der Waals surface area contributed by atoms with Crippen molar-refractivity contribution in [3.05, 3.63) is 84.6 Å². The average Bonchev–Trinajstić information content (AvgIpc) is 2.53. The minimum Gasteiger partial charge on any atom is -0.466 e. The van der Waals surface area contributed by atoms with Gasteiger partial charge in [-0.3, -0.25) is 4.79 Å². The second-order valence-corrected chi connectivity index (χ2v) is 4.79. The molecule has 0 amide bonds. The van der Waals surface area contributed by atoms with Crippen molar-refractivity contribution in [1.82, 2.24) is 0 Å². The number of hydrogen-bond acceptors (Lipinski definition) is 2. The molecule has 0 heterocycles. The van der Waals surface area contributed by atoms with Crippen molar-refractivity contribution in [2.24, 2.45) is 5.92 Å². The fourth-order valence-corrected chi connectivity index (χ4v) is 2.13. The van der Waals surface area contributed by atoms with Crippen LogP contribution < -0.4 is 0 Å². The zero-order chi connectivity index (χ0) is 14.9. The second kappa shape index (κ2) is 8.25. The summed E-state index contributed by atoms with van der Waals surface area (Å²) in [6.45, 7) is 2.24. The molecule has 21 heavy (non-hydrogen) atoms. The molecule has 108 valence electrons. The van der Waals surface area contributed by atoms with Gasteiger partial charge in [0.15, 0.2) is 0 Å². The van der Waals surface area contributed by atoms with Gasteiger partial charge in [0, 0.05) is 6.42 Å². The number of esters is 1. The van der Waals surface area contributed by atoms with Gasteiger partial charge in [-0.15, -0.1) is 0 Å². The Labute approximate surface area is 126 Å². The Morgan fingerprint density at radius 1 is 1.00 bits per heavy atom. The molecule has 0 bridgehead atoms. The molecule has 0 saturated heterocycles. The molecule has 0 spiro atoms. The van der Waals surface area contributed by atoms with E-state index in [2.05, 4.69) is 6.42 Å². The van der Waals surface area contributed by atoms with E-state index in [9.17, 15) is 4.79 Å². The van der Waals surface area contributed by atoms with Crippen LogP contribution in [0.25, 0.3) is 0 Å². The summed E-state index contributed by atoms with van der Waals surface area (Å²) in [6, 6.07) is 19.9. The second-order valence-electron chi connectivity index (χ2n) is 4.79. The Kier molecular flexibility index (Phi) is 6.01. The molecule has 0 saturated carbocycles. The highest BCUT2D eigenvalue weighted by molar-refractivity contribution is 5.75. The highest BCUT2D eigenvalue weighted by Crippen LogP contribution is 2.20. The highest BCUT2D eigenvalue weighted by Gasteiger charge is 2.20. The molecular weight excluding hydrogens is 260 g/mol. The standard InChI is InChI=1S/C19H20O2/c1-2-21-19(20)18(15-17-11-7-4-8-12-17)14-13-16-9-5-3-6-10-16/h3-13,15,18H,2,14H2,1H3/t18-/m0/s1. The molecule has 2 radical (unpaired) electrons. The fourth-order valence-electron chi connectivity index (χ4n) is 2.13. The van der Waals surface area contributed by atoms with E-state index in [1.807, 2.05) is 74.0 Å². The van der Waals surface area contributed by atoms with Gasteiger partial charge in [0.2, 0.25) is 0 Å². The van der Waals surface area contributed by atoms with Gasteiger partial charge in [0.1, 0.15) is 0 Å². The van der Waals surface area contributed by atoms with Crippen LogP contribution in [0.3, 0.4) is 0 Å². The normalized spacial score (nSPS) is 11.9. The zero-order valence-electron chi connectivity index (χ0n) is 12.2. The predicted octanol–water partition coefficient (Wildman–Crippen LogP) is 4.06. The van der Waals surface area contributed by atoms with Gasteiger partial charge in [0.05, 0.1) is 12.5 Å². The van der Waals surface area contributed by atoms with Crippen LogP contribution >= 0.6 is 0 Å². The molecule has 2 nitrogen and oxygen atoms in total. The van der Waals surface area contributed by atoms with Gasteiger partial charge in [-0.2, -0.15) is 0 Å². The summed E-state index contributed by atoms with van der Waals surface area (Å²) in [7, 11) is 0. The lowest BCUT2D eigenvalue weighted by Gasteiger charge is -2.15. The van der Waals surface area contributed by atoms with Gasteiger partial charge in [-0.1, -0.05) is 60.7 Å². The number of carbonyl (C=O) groups is 1. The third kappa shape index (κ3) is 5.07. The third-order valence-electron chi connectivity index (χ3n) is 3.19. The van der Waals surface area contributed by atoms with Crippen LogP contribution in [-0.4, -0.2) is 12.6 Å². The Bertz CT molecular complexity index is 534. The van der Waals surface area contributed by atoms with Crippen LogP contribution in [-0.2, 0) is 9.53 Å². The molecule has 1 atom stereocenters. The molecule has 0 aliphatic rings. The van der Waals surface area contributed by atoms with E-state index in [1.54, 1.807) is 0 Å². The molecule has 2 aromatic carbocycles. The molecule has 2 rings (SSSR count). The molecule has 0 aromatic heterocycles. The van der Waals surface area contributed by atoms with E-state index in [0.717, 1.165) is 11.1 Å². The number of carbonyl (C=O) groups excluding carboxylic acids is 1. The quantitative estimate of drug-likeness (QED) is 0.715. The number of rotatable bonds is 7. The maximum absolute atomic E-state index is 12.1. The summed E-state index contributed by atoms with van der Waals surface area (Å²) >= 11 is 0. The van der Waals surface area contributed by atoms with E-state index in [1.165, 1.54) is 0 Å². The number of hydrogen-bond donors (Lipinski definition) is 0. The van der Waals surface area contributed by atoms with Crippen molar-refractivity contribution in [3.8, 4) is 0 Å². The van der Waals surface area contributed by atoms with E-state index in [0.29, 0.717) is 13.0 Å². The number of ether oxygens (including phenoxy) is 1. The van der Waals surface area contributed by atoms with Crippen LogP contribution in [0.5, 0.6) is 0 Å². The Balaban J connectivity index is 2.00. The first kappa shape index (κ1) is 15.3. The van der Waals surface area contributed by atoms with Crippen molar-refractivity contribution in [1.29, 1.82) is 0 Å². The Morgan fingerprint density at radius 2 is 1.57 bits per heavy atom. The molecular formula is C19H20O2. The first-order valence-corrected chi connectivity index (χ1v) is 7.24. The van der Waals surface area contributed by atoms with Crippen LogP contribution in [0.2, 0.25) is 0 Å². The van der Waals surface area contributed by atoms with Crippen LogP contribution in [0, 0.1) is 18.8 Å². The summed E-state index contributed by atoms with van der Waals surface area (Å²) in [6.07, 6.45) is 4.68. The summed E-state index contributed by atoms with van der Waals surface area (Å²) < 4.78 is 5.17. The molecule has 0 fully saturated rings. The topological polar surface area (TPSA) is 26.3 Å². The Hall–Kier alpha value is -2.09. The summed E-state index contributed by atoms with van der Waals surface area (Å²) in [5, 5.41) is 0. The molecule has 2 aromatic rings. The molecule has 0 unspecified atom stereocenters. The van der Waals surface area contributed by atoms with Gasteiger partial charge in [0.25, 0.3) is 0 Å². The molecule has 2 heteroatoms. The zero-order valence-corrected chi connectivity index (χ0v) is 12.2. The van der Waals surface area contributed by atoms with Gasteiger partial charge in [-0.05, 0) is 30.9 Å². The minimum atomic E-state index is -0.257. The van der Waals surface area contributed by atoms with Crippen LogP contribution in [0.15, 0.2) is 60.7 Å². The van der Waals surface area contributed by atoms with E-state index >= 15 is 0 Å². The van der Waals surface area contributed by atoms with E-state index in [-0.39, 0.29) is 11.9 Å². The lowest BCUT2D eigenvalue weighted by Crippen LogP contribution is -2.19. The van der Waals surface area contributed by atoms with Crippen LogP contribution in [0.1, 0.15) is 24.5 Å². The lowest BCUT2D eigenvalue weighted by atomic mass is 9.93. The minimum absolute atomic E-state index is 0.173. The third-order valence-corrected chi connectivity index (χ3v) is 3.19. The van der Waals surface area contributed by atoms with Gasteiger partial charge >= 0.3 is 5.97 Å². The van der Waals surface area contributed by atoms with E-state index < -0.39 is 0 Å². The predicted molar refractivity (Wildman–Crippen MR) is 84.4 cm³/mol. The van der Waals surface area contributed by atoms with Gasteiger partial charge < -0.3 is 4.74 Å². The summed E-state index contributed by atoms with van der Waals surface area (Å²) in [5.41, 5.74) is 2.16. The van der Waals surface area contributed by atoms with Crippen LogP contribution in [0.4, 0.5) is 0 Å². The smallest absolute Gasteiger partial charge is 0.309 e. The Morgan fingerprint density at radius 3 is 2.14 bits per heavy atom. The fraction of sp³-hybridized carbons (Fsp3) is 0.211. The van der Waals surface area contributed by atoms with Crippen molar-refractivity contribution < 1.29 is 9.53 Å². The molecule has 0 N–H and O–H groups in total. The van der Waals surface area contributed by atoms with Crippen molar-refractivity contribution in [2.45, 2.75) is 13.3 Å². The SMILES string of the molecule is CCOC(=O)[C@H]([CH]c1ccccc1)C[CH]c1ccccc1. The first-order chi connectivity index (χ1) is 10.3. The van der Waals surface area contributed by atoms with E-state index in [4.69, 9.17) is 4.74 Å². The first-order valence-electron chi connectivity index (χ1n) is 7.24. The lowest BCUT2D eigenvalue weighted by molar-refractivity contribution is -0.146. The van der Waals surface area contributed by atoms with Crippen molar-refractivity contribution in [2.75, 3.05) is 6.61 Å². The highest BCUT2D eigenvalue weighted by atomic mass is 16.5. The number of benzene rings is 2. The summed E-state index contributed by atoms with van der Waals surface area (Å²) in [5.74, 6) is -0.430.